The van der Waals surface area contributed by atoms with E-state index in [1.165, 1.54) is 0 Å². The van der Waals surface area contributed by atoms with Crippen molar-refractivity contribution in [1.82, 2.24) is 15.0 Å². The third kappa shape index (κ3) is 2.48. The van der Waals surface area contributed by atoms with Gasteiger partial charge >= 0.3 is 0 Å². The SMILES string of the molecule is COc1ccnc(CS(=O)c2nc3cc4c(cc3[nH]2)OCO4)c1C. The summed E-state index contributed by atoms with van der Waals surface area (Å²) < 4.78 is 28.6. The van der Waals surface area contributed by atoms with Gasteiger partial charge in [0.05, 0.1) is 40.4 Å². The van der Waals surface area contributed by atoms with Crippen LogP contribution >= 0.6 is 0 Å². The lowest BCUT2D eigenvalue weighted by atomic mass is 10.2. The number of aromatic nitrogens is 3. The molecule has 0 aliphatic carbocycles. The molecule has 1 atom stereocenters. The first kappa shape index (κ1) is 14.9. The Balaban J connectivity index is 1.64. The summed E-state index contributed by atoms with van der Waals surface area (Å²) in [6.07, 6.45) is 1.65. The van der Waals surface area contributed by atoms with Crippen molar-refractivity contribution in [1.29, 1.82) is 0 Å². The Hall–Kier alpha value is -2.61. The van der Waals surface area contributed by atoms with Gasteiger partial charge in [-0.15, -0.1) is 0 Å². The molecule has 1 aliphatic heterocycles. The van der Waals surface area contributed by atoms with E-state index < -0.39 is 10.8 Å². The first-order valence-electron chi connectivity index (χ1n) is 7.32. The summed E-state index contributed by atoms with van der Waals surface area (Å²) in [4.78, 5) is 11.8. The Morgan fingerprint density at radius 1 is 1.33 bits per heavy atom. The molecule has 7 nitrogen and oxygen atoms in total. The number of hydrogen-bond donors (Lipinski definition) is 1. The zero-order valence-corrected chi connectivity index (χ0v) is 14.0. The molecule has 4 rings (SSSR count). The van der Waals surface area contributed by atoms with Gasteiger partial charge in [0.15, 0.2) is 16.7 Å². The van der Waals surface area contributed by atoms with Crippen molar-refractivity contribution in [3.05, 3.63) is 35.7 Å². The van der Waals surface area contributed by atoms with Gasteiger partial charge < -0.3 is 19.2 Å². The number of ether oxygens (including phenoxy) is 3. The minimum absolute atomic E-state index is 0.210. The third-order valence-corrected chi connectivity index (χ3v) is 5.08. The van der Waals surface area contributed by atoms with E-state index in [0.29, 0.717) is 22.2 Å². The standard InChI is InChI=1S/C16H15N3O4S/c1-9-12(17-4-3-13(9)21-2)7-24(20)16-18-10-5-14-15(23-8-22-14)6-11(10)19-16/h3-6H,7-8H2,1-2H3,(H,18,19). The van der Waals surface area contributed by atoms with E-state index in [0.717, 1.165) is 22.5 Å². The number of aromatic amines is 1. The number of nitrogens with one attached hydrogen (secondary N) is 1. The highest BCUT2D eigenvalue weighted by molar-refractivity contribution is 7.84. The first-order chi connectivity index (χ1) is 11.7. The van der Waals surface area contributed by atoms with Crippen LogP contribution in [0.3, 0.4) is 0 Å². The molecule has 0 bridgehead atoms. The van der Waals surface area contributed by atoms with Crippen LogP contribution in [-0.2, 0) is 16.6 Å². The van der Waals surface area contributed by atoms with Gasteiger partial charge in [-0.05, 0) is 13.0 Å². The van der Waals surface area contributed by atoms with Crippen LogP contribution in [0.15, 0.2) is 29.6 Å². The van der Waals surface area contributed by atoms with Crippen LogP contribution in [0.2, 0.25) is 0 Å². The zero-order chi connectivity index (χ0) is 16.7. The molecular weight excluding hydrogens is 330 g/mol. The summed E-state index contributed by atoms with van der Waals surface area (Å²) in [7, 11) is 0.252. The molecule has 1 N–H and O–H groups in total. The Morgan fingerprint density at radius 2 is 2.12 bits per heavy atom. The molecule has 0 saturated heterocycles. The van der Waals surface area contributed by atoms with Crippen LogP contribution in [0.5, 0.6) is 17.2 Å². The number of nitrogens with zero attached hydrogens (tertiary/aromatic N) is 2. The van der Waals surface area contributed by atoms with Gasteiger partial charge in [-0.2, -0.15) is 0 Å². The molecule has 0 amide bonds. The molecule has 1 aromatic carbocycles. The van der Waals surface area contributed by atoms with Gasteiger partial charge in [0.2, 0.25) is 6.79 Å². The van der Waals surface area contributed by atoms with E-state index >= 15 is 0 Å². The molecule has 1 unspecified atom stereocenters. The largest absolute Gasteiger partial charge is 0.496 e. The van der Waals surface area contributed by atoms with Gasteiger partial charge in [0.1, 0.15) is 5.75 Å². The number of fused-ring (bicyclic) bond motifs is 2. The van der Waals surface area contributed by atoms with E-state index in [4.69, 9.17) is 14.2 Å². The second kappa shape index (κ2) is 5.79. The molecule has 3 heterocycles. The van der Waals surface area contributed by atoms with Crippen LogP contribution in [-0.4, -0.2) is 33.1 Å². The maximum atomic E-state index is 12.7. The van der Waals surface area contributed by atoms with E-state index in [1.54, 1.807) is 31.5 Å². The Morgan fingerprint density at radius 3 is 2.92 bits per heavy atom. The van der Waals surface area contributed by atoms with Gasteiger partial charge in [-0.25, -0.2) is 4.98 Å². The lowest BCUT2D eigenvalue weighted by Crippen LogP contribution is -2.03. The summed E-state index contributed by atoms with van der Waals surface area (Å²) in [5, 5.41) is 0.401. The van der Waals surface area contributed by atoms with Gasteiger partial charge in [-0.3, -0.25) is 9.19 Å². The average molecular weight is 345 g/mol. The maximum absolute atomic E-state index is 12.7. The predicted octanol–water partition coefficient (Wildman–Crippen LogP) is 2.31. The molecule has 3 aromatic rings. The quantitative estimate of drug-likeness (QED) is 0.781. The second-order valence-electron chi connectivity index (χ2n) is 5.34. The van der Waals surface area contributed by atoms with Gasteiger partial charge in [0.25, 0.3) is 0 Å². The zero-order valence-electron chi connectivity index (χ0n) is 13.2. The Labute approximate surface area is 140 Å². The molecule has 0 saturated carbocycles. The number of rotatable bonds is 4. The maximum Gasteiger partial charge on any atom is 0.231 e. The van der Waals surface area contributed by atoms with Crippen molar-refractivity contribution < 1.29 is 18.4 Å². The highest BCUT2D eigenvalue weighted by atomic mass is 32.2. The number of hydrogen-bond acceptors (Lipinski definition) is 6. The molecule has 0 spiro atoms. The molecule has 8 heteroatoms. The van der Waals surface area contributed by atoms with Crippen molar-refractivity contribution in [2.24, 2.45) is 0 Å². The van der Waals surface area contributed by atoms with Crippen LogP contribution < -0.4 is 14.2 Å². The van der Waals surface area contributed by atoms with Crippen molar-refractivity contribution in [3.63, 3.8) is 0 Å². The van der Waals surface area contributed by atoms with Crippen LogP contribution in [0.4, 0.5) is 0 Å². The number of benzene rings is 1. The van der Waals surface area contributed by atoms with E-state index in [9.17, 15) is 4.21 Å². The van der Waals surface area contributed by atoms with E-state index in [1.807, 2.05) is 6.92 Å². The number of pyridine rings is 1. The Kier molecular flexibility index (Phi) is 3.61. The molecule has 0 radical (unpaired) electrons. The topological polar surface area (TPSA) is 86.3 Å². The summed E-state index contributed by atoms with van der Waals surface area (Å²) in [6, 6.07) is 5.37. The molecule has 24 heavy (non-hydrogen) atoms. The van der Waals surface area contributed by atoms with Crippen LogP contribution in [0, 0.1) is 6.92 Å². The summed E-state index contributed by atoms with van der Waals surface area (Å²) in [5.41, 5.74) is 3.06. The van der Waals surface area contributed by atoms with Crippen LogP contribution in [0.25, 0.3) is 11.0 Å². The smallest absolute Gasteiger partial charge is 0.231 e. The van der Waals surface area contributed by atoms with Crippen molar-refractivity contribution >= 4 is 21.8 Å². The van der Waals surface area contributed by atoms with Gasteiger partial charge in [-0.1, -0.05) is 0 Å². The second-order valence-corrected chi connectivity index (χ2v) is 6.71. The third-order valence-electron chi connectivity index (χ3n) is 3.92. The van der Waals surface area contributed by atoms with Crippen molar-refractivity contribution in [2.45, 2.75) is 17.8 Å². The molecule has 124 valence electrons. The lowest BCUT2D eigenvalue weighted by Gasteiger charge is -2.08. The molecule has 0 fully saturated rings. The average Bonchev–Trinajstić information content (AvgIpc) is 3.20. The fourth-order valence-electron chi connectivity index (χ4n) is 2.60. The molecular formula is C16H15N3O4S. The number of H-pyrrole nitrogens is 1. The minimum atomic E-state index is -1.35. The number of imidazole rings is 1. The van der Waals surface area contributed by atoms with E-state index in [2.05, 4.69) is 15.0 Å². The fraction of sp³-hybridized carbons (Fsp3) is 0.250. The first-order valence-corrected chi connectivity index (χ1v) is 8.64. The van der Waals surface area contributed by atoms with Gasteiger partial charge in [0, 0.05) is 23.9 Å². The molecule has 1 aliphatic rings. The Bertz CT molecular complexity index is 913. The summed E-state index contributed by atoms with van der Waals surface area (Å²) in [6.45, 7) is 2.11. The summed E-state index contributed by atoms with van der Waals surface area (Å²) >= 11 is 0. The predicted molar refractivity (Wildman–Crippen MR) is 87.9 cm³/mol. The van der Waals surface area contributed by atoms with Crippen molar-refractivity contribution in [3.8, 4) is 17.2 Å². The monoisotopic (exact) mass is 345 g/mol. The normalized spacial score (nSPS) is 14.1. The van der Waals surface area contributed by atoms with E-state index in [-0.39, 0.29) is 12.5 Å². The molecule has 2 aromatic heterocycles. The fourth-order valence-corrected chi connectivity index (χ4v) is 3.70. The van der Waals surface area contributed by atoms with Crippen LogP contribution in [0.1, 0.15) is 11.3 Å². The lowest BCUT2D eigenvalue weighted by molar-refractivity contribution is 0.174. The summed E-state index contributed by atoms with van der Waals surface area (Å²) in [5.74, 6) is 2.30. The minimum Gasteiger partial charge on any atom is -0.496 e. The van der Waals surface area contributed by atoms with Crippen molar-refractivity contribution in [2.75, 3.05) is 13.9 Å². The number of methoxy groups -OCH3 is 1. The highest BCUT2D eigenvalue weighted by Crippen LogP contribution is 2.35. The highest BCUT2D eigenvalue weighted by Gasteiger charge is 2.19.